The fourth-order valence-corrected chi connectivity index (χ4v) is 2.63. The smallest absolute Gasteiger partial charge is 0.407 e. The molecule has 1 saturated carbocycles. The van der Waals surface area contributed by atoms with E-state index in [1.54, 1.807) is 6.92 Å². The average molecular weight is 246 g/mol. The molecule has 4 nitrogen and oxygen atoms in total. The summed E-state index contributed by atoms with van der Waals surface area (Å²) in [5.41, 5.74) is -0.447. The molecule has 0 aromatic rings. The number of hydrogen-bond acceptors (Lipinski definition) is 3. The monoisotopic (exact) mass is 246 g/mol. The molecule has 0 bridgehead atoms. The first-order valence-electron chi connectivity index (χ1n) is 5.45. The van der Waals surface area contributed by atoms with Gasteiger partial charge >= 0.3 is 11.2 Å². The maximum absolute atomic E-state index is 11.4. The number of thioether (sulfide) groups is 1. The first-order valence-corrected chi connectivity index (χ1v) is 6.33. The van der Waals surface area contributed by atoms with Crippen LogP contribution in [0.1, 0.15) is 40.5 Å². The van der Waals surface area contributed by atoms with Gasteiger partial charge in [0, 0.05) is 11.3 Å². The Morgan fingerprint density at radius 3 is 2.44 bits per heavy atom. The van der Waals surface area contributed by atoms with Gasteiger partial charge in [0.25, 0.3) is 0 Å². The molecule has 0 aromatic carbocycles. The molecule has 1 aliphatic rings. The van der Waals surface area contributed by atoms with Gasteiger partial charge in [-0.05, 0) is 45.4 Å². The van der Waals surface area contributed by atoms with Gasteiger partial charge in [-0.2, -0.15) is 0 Å². The predicted octanol–water partition coefficient (Wildman–Crippen LogP) is 2.30. The van der Waals surface area contributed by atoms with Crippen LogP contribution in [-0.2, 0) is 4.74 Å². The first kappa shape index (κ1) is 13.4. The fourth-order valence-electron chi connectivity index (χ4n) is 1.50. The van der Waals surface area contributed by atoms with Crippen LogP contribution in [0, 0.1) is 0 Å². The average Bonchev–Trinajstić information content (AvgIpc) is 1.95. The van der Waals surface area contributed by atoms with E-state index in [4.69, 9.17) is 9.53 Å². The van der Waals surface area contributed by atoms with Crippen molar-refractivity contribution in [2.45, 2.75) is 57.4 Å². The Morgan fingerprint density at radius 1 is 1.44 bits per heavy atom. The fraction of sp³-hybridized carbons (Fsp3) is 0.818. The van der Waals surface area contributed by atoms with Crippen LogP contribution < -0.4 is 5.32 Å². The molecule has 1 aliphatic carbocycles. The number of carbonyl (C=O) groups is 1. The molecular weight excluding hydrogens is 226 g/mol. The number of amides is 1. The van der Waals surface area contributed by atoms with E-state index in [-0.39, 0.29) is 12.1 Å². The zero-order chi connectivity index (χ0) is 12.3. The minimum atomic E-state index is -0.447. The first-order chi connectivity index (χ1) is 7.26. The summed E-state index contributed by atoms with van der Waals surface area (Å²) >= 11 is 1.47. The summed E-state index contributed by atoms with van der Waals surface area (Å²) in [6, 6.07) is 0.187. The second-order valence-electron chi connectivity index (χ2n) is 5.07. The van der Waals surface area contributed by atoms with Gasteiger partial charge in [-0.1, -0.05) is 0 Å². The Bertz CT molecular complexity index is 279. The highest BCUT2D eigenvalue weighted by atomic mass is 32.2. The van der Waals surface area contributed by atoms with Crippen LogP contribution in [0.3, 0.4) is 0 Å². The minimum Gasteiger partial charge on any atom is -0.444 e. The van der Waals surface area contributed by atoms with Crippen LogP contribution in [0.2, 0.25) is 0 Å². The quantitative estimate of drug-likeness (QED) is 0.760. The summed E-state index contributed by atoms with van der Waals surface area (Å²) < 4.78 is 5.15. The van der Waals surface area contributed by atoms with E-state index in [1.807, 2.05) is 20.8 Å². The van der Waals surface area contributed by atoms with Crippen molar-refractivity contribution in [1.82, 2.24) is 5.32 Å². The van der Waals surface area contributed by atoms with Crippen LogP contribution >= 0.6 is 11.8 Å². The van der Waals surface area contributed by atoms with Gasteiger partial charge < -0.3 is 10.1 Å². The third-order valence-corrected chi connectivity index (χ3v) is 3.21. The molecule has 0 unspecified atom stereocenters. The molecule has 0 heterocycles. The van der Waals surface area contributed by atoms with Crippen molar-refractivity contribution in [2.75, 3.05) is 0 Å². The van der Waals surface area contributed by atoms with Crippen molar-refractivity contribution >= 4 is 23.0 Å². The topological polar surface area (TPSA) is 59.7 Å². The largest absolute Gasteiger partial charge is 0.444 e. The van der Waals surface area contributed by atoms with Crippen molar-refractivity contribution in [3.05, 3.63) is 0 Å². The van der Waals surface area contributed by atoms with Crippen LogP contribution in [0.5, 0.6) is 0 Å². The normalized spacial score (nSPS) is 24.5. The SMILES string of the molecule is CC(=[OH+])SC1CC(NC(=O)OC(C)(C)C)C1. The van der Waals surface area contributed by atoms with Gasteiger partial charge in [-0.3, -0.25) is 4.79 Å². The highest BCUT2D eigenvalue weighted by Crippen LogP contribution is 2.32. The lowest BCUT2D eigenvalue weighted by Gasteiger charge is -2.34. The molecule has 1 fully saturated rings. The van der Waals surface area contributed by atoms with Gasteiger partial charge in [0.1, 0.15) is 5.60 Å². The lowest BCUT2D eigenvalue weighted by molar-refractivity contribution is 0.0482. The molecule has 1 amide bonds. The summed E-state index contributed by atoms with van der Waals surface area (Å²) in [6.45, 7) is 7.21. The lowest BCUT2D eigenvalue weighted by Crippen LogP contribution is -2.47. The molecule has 0 radical (unpaired) electrons. The van der Waals surface area contributed by atoms with E-state index in [2.05, 4.69) is 5.32 Å². The van der Waals surface area contributed by atoms with Gasteiger partial charge in [0.05, 0.1) is 6.92 Å². The maximum Gasteiger partial charge on any atom is 0.407 e. The third kappa shape index (κ3) is 4.88. The van der Waals surface area contributed by atoms with E-state index in [9.17, 15) is 4.79 Å². The van der Waals surface area contributed by atoms with Crippen LogP contribution in [0.4, 0.5) is 4.79 Å². The number of hydrogen-bond donors (Lipinski definition) is 1. The van der Waals surface area contributed by atoms with Gasteiger partial charge in [-0.25, -0.2) is 4.79 Å². The van der Waals surface area contributed by atoms with Gasteiger partial charge in [-0.15, -0.1) is 0 Å². The maximum atomic E-state index is 11.4. The molecular formula is C11H20NO3S+. The van der Waals surface area contributed by atoms with E-state index >= 15 is 0 Å². The molecule has 16 heavy (non-hydrogen) atoms. The second kappa shape index (κ2) is 5.08. The van der Waals surface area contributed by atoms with Crippen LogP contribution in [-0.4, -0.2) is 32.9 Å². The Hall–Kier alpha value is -0.710. The zero-order valence-electron chi connectivity index (χ0n) is 10.2. The molecule has 1 rings (SSSR count). The van der Waals surface area contributed by atoms with Crippen molar-refractivity contribution in [3.63, 3.8) is 0 Å². The Balaban J connectivity index is 2.17. The molecule has 0 aliphatic heterocycles. The molecule has 0 spiro atoms. The minimum absolute atomic E-state index is 0.187. The highest BCUT2D eigenvalue weighted by molar-refractivity contribution is 8.14. The molecule has 2 N–H and O–H groups in total. The summed E-state index contributed by atoms with van der Waals surface area (Å²) in [5, 5.41) is 3.62. The highest BCUT2D eigenvalue weighted by Gasteiger charge is 2.33. The summed E-state index contributed by atoms with van der Waals surface area (Å²) in [7, 11) is 0. The summed E-state index contributed by atoms with van der Waals surface area (Å²) in [4.78, 5) is 20.5. The molecule has 0 atom stereocenters. The molecule has 0 saturated heterocycles. The number of nitrogens with one attached hydrogen (secondary N) is 1. The number of carbonyl (C=O) groups excluding carboxylic acids is 2. The summed E-state index contributed by atoms with van der Waals surface area (Å²) in [5.74, 6) is 0. The molecule has 0 aromatic heterocycles. The lowest BCUT2D eigenvalue weighted by atomic mass is 9.92. The Morgan fingerprint density at radius 2 is 2.00 bits per heavy atom. The summed E-state index contributed by atoms with van der Waals surface area (Å²) in [6.07, 6.45) is 1.43. The van der Waals surface area contributed by atoms with Crippen molar-refractivity contribution in [3.8, 4) is 0 Å². The Labute approximate surface area is 100 Å². The second-order valence-corrected chi connectivity index (χ2v) is 6.57. The molecule has 92 valence electrons. The van der Waals surface area contributed by atoms with Gasteiger partial charge in [0.15, 0.2) is 0 Å². The van der Waals surface area contributed by atoms with Crippen LogP contribution in [0.25, 0.3) is 0 Å². The van der Waals surface area contributed by atoms with E-state index < -0.39 is 5.60 Å². The van der Waals surface area contributed by atoms with E-state index in [1.165, 1.54) is 11.8 Å². The third-order valence-electron chi connectivity index (χ3n) is 2.15. The zero-order valence-corrected chi connectivity index (χ0v) is 11.1. The van der Waals surface area contributed by atoms with Crippen molar-refractivity contribution < 1.29 is 14.3 Å². The van der Waals surface area contributed by atoms with Crippen molar-refractivity contribution in [2.24, 2.45) is 0 Å². The van der Waals surface area contributed by atoms with Crippen molar-refractivity contribution in [1.29, 1.82) is 0 Å². The standard InChI is InChI=1S/C11H19NO3S/c1-7(13)16-9-5-8(6-9)12-10(14)15-11(2,3)4/h8-9H,5-6H2,1-4H3,(H,12,14)/p+1. The van der Waals surface area contributed by atoms with Gasteiger partial charge in [0.2, 0.25) is 0 Å². The number of rotatable bonds is 2. The van der Waals surface area contributed by atoms with Crippen LogP contribution in [0.15, 0.2) is 0 Å². The van der Waals surface area contributed by atoms with E-state index in [0.717, 1.165) is 12.8 Å². The Kier molecular flexibility index (Phi) is 4.24. The molecule has 5 heteroatoms. The number of alkyl carbamates (subject to hydrolysis) is 1. The van der Waals surface area contributed by atoms with E-state index in [0.29, 0.717) is 10.4 Å². The number of ether oxygens (including phenoxy) is 1. The predicted molar refractivity (Wildman–Crippen MR) is 66.4 cm³/mol.